The lowest BCUT2D eigenvalue weighted by Gasteiger charge is -2.07. The highest BCUT2D eigenvalue weighted by molar-refractivity contribution is 5.90. The molecule has 0 aliphatic carbocycles. The largest absolute Gasteiger partial charge is 0.381 e. The van der Waals surface area contributed by atoms with Gasteiger partial charge in [0.2, 0.25) is 5.91 Å². The second kappa shape index (κ2) is 5.91. The molecule has 0 saturated carbocycles. The summed E-state index contributed by atoms with van der Waals surface area (Å²) in [5.41, 5.74) is 3.07. The minimum absolute atomic E-state index is 0.0306. The smallest absolute Gasteiger partial charge is 0.224 e. The van der Waals surface area contributed by atoms with Crippen molar-refractivity contribution in [2.45, 2.75) is 19.9 Å². The summed E-state index contributed by atoms with van der Waals surface area (Å²) in [5.74, 6) is 0.0306. The van der Waals surface area contributed by atoms with Crippen LogP contribution in [0.5, 0.6) is 0 Å². The van der Waals surface area contributed by atoms with Crippen LogP contribution in [0.25, 0.3) is 0 Å². The van der Waals surface area contributed by atoms with E-state index < -0.39 is 0 Å². The van der Waals surface area contributed by atoms with E-state index in [1.807, 2.05) is 49.6 Å². The molecule has 0 bridgehead atoms. The third-order valence-corrected chi connectivity index (χ3v) is 2.65. The van der Waals surface area contributed by atoms with Crippen molar-refractivity contribution in [3.05, 3.63) is 48.3 Å². The maximum absolute atomic E-state index is 11.2. The van der Waals surface area contributed by atoms with E-state index in [0.717, 1.165) is 17.9 Å². The Hall–Kier alpha value is -2.23. The average molecular weight is 243 g/mol. The highest BCUT2D eigenvalue weighted by Crippen LogP contribution is 2.14. The molecule has 1 aromatic heterocycles. The Balaban J connectivity index is 1.89. The highest BCUT2D eigenvalue weighted by Gasteiger charge is 1.99. The molecule has 0 fully saturated rings. The maximum atomic E-state index is 11.2. The minimum atomic E-state index is 0.0306. The van der Waals surface area contributed by atoms with Crippen molar-refractivity contribution in [3.63, 3.8) is 0 Å². The summed E-state index contributed by atoms with van der Waals surface area (Å²) in [6.45, 7) is 2.62. The van der Waals surface area contributed by atoms with E-state index in [0.29, 0.717) is 6.42 Å². The molecular weight excluding hydrogens is 226 g/mol. The van der Waals surface area contributed by atoms with E-state index in [1.54, 1.807) is 0 Å². The van der Waals surface area contributed by atoms with Crippen molar-refractivity contribution >= 4 is 17.3 Å². The molecule has 0 atom stereocenters. The summed E-state index contributed by atoms with van der Waals surface area (Å²) in [6.07, 6.45) is 4.36. The van der Waals surface area contributed by atoms with E-state index in [4.69, 9.17) is 0 Å². The lowest BCUT2D eigenvalue weighted by Crippen LogP contribution is -2.09. The number of hydrogen-bond acceptors (Lipinski definition) is 2. The number of nitrogens with one attached hydrogen (secondary N) is 3. The molecule has 0 unspecified atom stereocenters. The monoisotopic (exact) mass is 243 g/mol. The van der Waals surface area contributed by atoms with E-state index >= 15 is 0 Å². The molecule has 1 heterocycles. The van der Waals surface area contributed by atoms with Crippen LogP contribution in [-0.2, 0) is 11.3 Å². The average Bonchev–Trinajstić information content (AvgIpc) is 2.91. The molecule has 0 spiro atoms. The predicted molar refractivity (Wildman–Crippen MR) is 73.5 cm³/mol. The molecule has 3 N–H and O–H groups in total. The van der Waals surface area contributed by atoms with Gasteiger partial charge in [0.1, 0.15) is 0 Å². The molecule has 94 valence electrons. The first kappa shape index (κ1) is 12.2. The number of benzene rings is 1. The number of carbonyl (C=O) groups excluding carboxylic acids is 1. The lowest BCUT2D eigenvalue weighted by atomic mass is 10.2. The van der Waals surface area contributed by atoms with Gasteiger partial charge in [-0.25, -0.2) is 0 Å². The number of anilines is 2. The quantitative estimate of drug-likeness (QED) is 0.756. The third kappa shape index (κ3) is 3.38. The topological polar surface area (TPSA) is 56.9 Å². The summed E-state index contributed by atoms with van der Waals surface area (Å²) in [7, 11) is 0. The van der Waals surface area contributed by atoms with E-state index in [9.17, 15) is 4.79 Å². The van der Waals surface area contributed by atoms with Gasteiger partial charge in [0.15, 0.2) is 0 Å². The summed E-state index contributed by atoms with van der Waals surface area (Å²) in [4.78, 5) is 14.2. The van der Waals surface area contributed by atoms with Gasteiger partial charge in [0.05, 0.1) is 0 Å². The van der Waals surface area contributed by atoms with Gasteiger partial charge in [0.25, 0.3) is 0 Å². The van der Waals surface area contributed by atoms with Crippen molar-refractivity contribution < 1.29 is 4.79 Å². The number of hydrogen-bond donors (Lipinski definition) is 3. The van der Waals surface area contributed by atoms with Crippen molar-refractivity contribution in [1.82, 2.24) is 4.98 Å². The number of H-pyrrole nitrogens is 1. The number of aromatic amines is 1. The van der Waals surface area contributed by atoms with E-state index in [1.165, 1.54) is 5.56 Å². The lowest BCUT2D eigenvalue weighted by molar-refractivity contribution is -0.115. The van der Waals surface area contributed by atoms with Crippen LogP contribution in [0.15, 0.2) is 42.7 Å². The minimum Gasteiger partial charge on any atom is -0.381 e. The Labute approximate surface area is 106 Å². The van der Waals surface area contributed by atoms with Crippen LogP contribution in [0.3, 0.4) is 0 Å². The van der Waals surface area contributed by atoms with Crippen LogP contribution in [0, 0.1) is 0 Å². The summed E-state index contributed by atoms with van der Waals surface area (Å²) < 4.78 is 0. The van der Waals surface area contributed by atoms with Gasteiger partial charge in [0, 0.05) is 36.7 Å². The van der Waals surface area contributed by atoms with Crippen molar-refractivity contribution in [2.24, 2.45) is 0 Å². The van der Waals surface area contributed by atoms with E-state index in [2.05, 4.69) is 15.6 Å². The Kier molecular flexibility index (Phi) is 4.02. The molecule has 4 heteroatoms. The van der Waals surface area contributed by atoms with Crippen LogP contribution in [-0.4, -0.2) is 10.9 Å². The van der Waals surface area contributed by atoms with Crippen LogP contribution in [0.1, 0.15) is 18.9 Å². The van der Waals surface area contributed by atoms with Gasteiger partial charge >= 0.3 is 0 Å². The van der Waals surface area contributed by atoms with Crippen LogP contribution in [0.4, 0.5) is 11.4 Å². The molecule has 1 amide bonds. The molecule has 0 saturated heterocycles. The molecule has 4 nitrogen and oxygen atoms in total. The van der Waals surface area contributed by atoms with Gasteiger partial charge in [-0.15, -0.1) is 0 Å². The normalized spacial score (nSPS) is 10.1. The number of carbonyl (C=O) groups is 1. The molecule has 1 aromatic carbocycles. The zero-order chi connectivity index (χ0) is 12.8. The van der Waals surface area contributed by atoms with Crippen LogP contribution in [0.2, 0.25) is 0 Å². The van der Waals surface area contributed by atoms with Crippen molar-refractivity contribution in [2.75, 3.05) is 10.6 Å². The van der Waals surface area contributed by atoms with Crippen molar-refractivity contribution in [1.29, 1.82) is 0 Å². The fraction of sp³-hybridized carbons (Fsp3) is 0.214. The number of rotatable bonds is 5. The summed E-state index contributed by atoms with van der Waals surface area (Å²) in [5, 5.41) is 6.13. The fourth-order valence-electron chi connectivity index (χ4n) is 1.59. The molecule has 2 aromatic rings. The number of aromatic nitrogens is 1. The molecule has 18 heavy (non-hydrogen) atoms. The molecule has 0 radical (unpaired) electrons. The Morgan fingerprint density at radius 3 is 2.50 bits per heavy atom. The Bertz CT molecular complexity index is 488. The summed E-state index contributed by atoms with van der Waals surface area (Å²) in [6, 6.07) is 9.73. The molecular formula is C14H17N3O. The summed E-state index contributed by atoms with van der Waals surface area (Å²) >= 11 is 0. The first-order valence-electron chi connectivity index (χ1n) is 6.03. The Morgan fingerprint density at radius 1 is 1.17 bits per heavy atom. The zero-order valence-electron chi connectivity index (χ0n) is 10.4. The maximum Gasteiger partial charge on any atom is 0.224 e. The molecule has 0 aliphatic heterocycles. The zero-order valence-corrected chi connectivity index (χ0v) is 10.4. The van der Waals surface area contributed by atoms with Gasteiger partial charge in [-0.05, 0) is 35.9 Å². The number of amides is 1. The Morgan fingerprint density at radius 2 is 1.89 bits per heavy atom. The van der Waals surface area contributed by atoms with Gasteiger partial charge < -0.3 is 15.6 Å². The van der Waals surface area contributed by atoms with Crippen LogP contribution >= 0.6 is 0 Å². The van der Waals surface area contributed by atoms with Gasteiger partial charge in [-0.2, -0.15) is 0 Å². The second-order valence-electron chi connectivity index (χ2n) is 4.05. The molecule has 0 aliphatic rings. The fourth-order valence-corrected chi connectivity index (χ4v) is 1.59. The standard InChI is InChI=1S/C14H17N3O/c1-2-14(18)17-13-5-3-12(4-6-13)16-10-11-7-8-15-9-11/h3-9,15-16H,2,10H2,1H3,(H,17,18). The molecule has 2 rings (SSSR count). The SMILES string of the molecule is CCC(=O)Nc1ccc(NCc2cc[nH]c2)cc1. The van der Waals surface area contributed by atoms with Crippen molar-refractivity contribution in [3.8, 4) is 0 Å². The first-order chi connectivity index (χ1) is 8.78. The first-order valence-corrected chi connectivity index (χ1v) is 6.03. The predicted octanol–water partition coefficient (Wildman–Crippen LogP) is 2.98. The van der Waals surface area contributed by atoms with E-state index in [-0.39, 0.29) is 5.91 Å². The van der Waals surface area contributed by atoms with Crippen LogP contribution < -0.4 is 10.6 Å². The second-order valence-corrected chi connectivity index (χ2v) is 4.05. The van der Waals surface area contributed by atoms with Gasteiger partial charge in [-0.3, -0.25) is 4.79 Å². The van der Waals surface area contributed by atoms with Gasteiger partial charge in [-0.1, -0.05) is 6.92 Å². The third-order valence-electron chi connectivity index (χ3n) is 2.65. The highest BCUT2D eigenvalue weighted by atomic mass is 16.1.